The molecule has 1 aromatic rings. The van der Waals surface area contributed by atoms with Gasteiger partial charge in [0.25, 0.3) is 0 Å². The molecule has 0 aromatic heterocycles. The van der Waals surface area contributed by atoms with E-state index in [1.807, 2.05) is 12.1 Å². The lowest BCUT2D eigenvalue weighted by Gasteiger charge is -2.31. The number of methoxy groups -OCH3 is 3. The summed E-state index contributed by atoms with van der Waals surface area (Å²) in [4.78, 5) is 0. The lowest BCUT2D eigenvalue weighted by Crippen LogP contribution is -2.25. The quantitative estimate of drug-likeness (QED) is 0.897. The normalized spacial score (nSPS) is 22.4. The molecule has 5 heteroatoms. The zero-order chi connectivity index (χ0) is 14.5. The summed E-state index contributed by atoms with van der Waals surface area (Å²) in [6.07, 6.45) is 1.80. The summed E-state index contributed by atoms with van der Waals surface area (Å²) in [5.41, 5.74) is 0.943. The van der Waals surface area contributed by atoms with Gasteiger partial charge in [0.1, 0.15) is 0 Å². The van der Waals surface area contributed by atoms with Gasteiger partial charge in [0.2, 0.25) is 5.75 Å². The fourth-order valence-electron chi connectivity index (χ4n) is 2.66. The van der Waals surface area contributed by atoms with Crippen LogP contribution in [0.3, 0.4) is 0 Å². The molecule has 1 heterocycles. The predicted molar refractivity (Wildman–Crippen MR) is 74.6 cm³/mol. The number of rotatable bonds is 5. The van der Waals surface area contributed by atoms with Crippen molar-refractivity contribution < 1.29 is 24.1 Å². The van der Waals surface area contributed by atoms with E-state index in [-0.39, 0.29) is 18.6 Å². The number of aliphatic hydroxyl groups is 1. The standard InChI is InChI=1S/C15H22O5/c1-17-12-7-11(8-13(18-2)15(12)19-3)14-10(9-16)5-4-6-20-14/h7-8,10,14,16H,4-6,9H2,1-3H3. The highest BCUT2D eigenvalue weighted by atomic mass is 16.5. The van der Waals surface area contributed by atoms with E-state index in [9.17, 15) is 5.11 Å². The molecule has 0 amide bonds. The first-order chi connectivity index (χ1) is 9.74. The molecule has 2 atom stereocenters. The SMILES string of the molecule is COc1cc(C2OCCCC2CO)cc(OC)c1OC. The molecule has 1 fully saturated rings. The Hall–Kier alpha value is -1.46. The number of hydrogen-bond donors (Lipinski definition) is 1. The van der Waals surface area contributed by atoms with Crippen LogP contribution in [0, 0.1) is 5.92 Å². The number of benzene rings is 1. The van der Waals surface area contributed by atoms with Crippen molar-refractivity contribution in [3.8, 4) is 17.2 Å². The molecule has 1 aliphatic heterocycles. The molecule has 1 N–H and O–H groups in total. The van der Waals surface area contributed by atoms with Gasteiger partial charge in [0, 0.05) is 19.1 Å². The Morgan fingerprint density at radius 1 is 1.15 bits per heavy atom. The van der Waals surface area contributed by atoms with Crippen LogP contribution in [-0.4, -0.2) is 39.6 Å². The minimum Gasteiger partial charge on any atom is -0.493 e. The Labute approximate surface area is 119 Å². The Morgan fingerprint density at radius 2 is 1.80 bits per heavy atom. The fourth-order valence-corrected chi connectivity index (χ4v) is 2.66. The van der Waals surface area contributed by atoms with Gasteiger partial charge in [0.15, 0.2) is 11.5 Å². The molecule has 1 aromatic carbocycles. The summed E-state index contributed by atoms with van der Waals surface area (Å²) in [5, 5.41) is 9.51. The first kappa shape index (κ1) is 14.9. The summed E-state index contributed by atoms with van der Waals surface area (Å²) in [6, 6.07) is 3.78. The fraction of sp³-hybridized carbons (Fsp3) is 0.600. The van der Waals surface area contributed by atoms with E-state index in [0.29, 0.717) is 23.9 Å². The number of aliphatic hydroxyl groups excluding tert-OH is 1. The van der Waals surface area contributed by atoms with Crippen LogP contribution < -0.4 is 14.2 Å². The Morgan fingerprint density at radius 3 is 2.30 bits per heavy atom. The highest BCUT2D eigenvalue weighted by molar-refractivity contribution is 5.54. The van der Waals surface area contributed by atoms with Crippen LogP contribution in [0.4, 0.5) is 0 Å². The van der Waals surface area contributed by atoms with E-state index in [0.717, 1.165) is 18.4 Å². The second-order valence-corrected chi connectivity index (χ2v) is 4.83. The average Bonchev–Trinajstić information content (AvgIpc) is 2.53. The Kier molecular flexibility index (Phi) is 5.09. The maximum Gasteiger partial charge on any atom is 0.203 e. The van der Waals surface area contributed by atoms with Crippen LogP contribution >= 0.6 is 0 Å². The van der Waals surface area contributed by atoms with Gasteiger partial charge in [-0.1, -0.05) is 0 Å². The van der Waals surface area contributed by atoms with Gasteiger partial charge in [-0.25, -0.2) is 0 Å². The molecular formula is C15H22O5. The molecule has 2 unspecified atom stereocenters. The molecule has 112 valence electrons. The van der Waals surface area contributed by atoms with Crippen molar-refractivity contribution in [2.24, 2.45) is 5.92 Å². The largest absolute Gasteiger partial charge is 0.493 e. The van der Waals surface area contributed by atoms with Gasteiger partial charge in [-0.3, -0.25) is 0 Å². The van der Waals surface area contributed by atoms with Crippen LogP contribution in [0.25, 0.3) is 0 Å². The third kappa shape index (κ3) is 2.83. The van der Waals surface area contributed by atoms with Gasteiger partial charge in [-0.15, -0.1) is 0 Å². The molecule has 0 radical (unpaired) electrons. The van der Waals surface area contributed by atoms with Gasteiger partial charge < -0.3 is 24.1 Å². The van der Waals surface area contributed by atoms with Gasteiger partial charge >= 0.3 is 0 Å². The number of ether oxygens (including phenoxy) is 4. The summed E-state index contributed by atoms with van der Waals surface area (Å²) in [5.74, 6) is 1.88. The smallest absolute Gasteiger partial charge is 0.203 e. The maximum atomic E-state index is 9.51. The van der Waals surface area contributed by atoms with Crippen LogP contribution in [0.1, 0.15) is 24.5 Å². The van der Waals surface area contributed by atoms with Gasteiger partial charge in [0.05, 0.1) is 27.4 Å². The Bertz CT molecular complexity index is 421. The minimum absolute atomic E-state index is 0.103. The lowest BCUT2D eigenvalue weighted by molar-refractivity contribution is -0.0458. The average molecular weight is 282 g/mol. The van der Waals surface area contributed by atoms with E-state index in [1.165, 1.54) is 0 Å². The second kappa shape index (κ2) is 6.81. The summed E-state index contributed by atoms with van der Waals surface area (Å²) in [7, 11) is 4.76. The third-order valence-corrected chi connectivity index (χ3v) is 3.69. The van der Waals surface area contributed by atoms with Crippen molar-refractivity contribution in [3.05, 3.63) is 17.7 Å². The van der Waals surface area contributed by atoms with Crippen molar-refractivity contribution in [3.63, 3.8) is 0 Å². The topological polar surface area (TPSA) is 57.2 Å². The molecule has 0 saturated carbocycles. The highest BCUT2D eigenvalue weighted by Crippen LogP contribution is 2.43. The van der Waals surface area contributed by atoms with Crippen LogP contribution in [0.2, 0.25) is 0 Å². The molecule has 0 bridgehead atoms. The lowest BCUT2D eigenvalue weighted by atomic mass is 9.90. The van der Waals surface area contributed by atoms with E-state index in [2.05, 4.69) is 0 Å². The van der Waals surface area contributed by atoms with Crippen molar-refractivity contribution in [1.82, 2.24) is 0 Å². The molecule has 1 saturated heterocycles. The minimum atomic E-state index is -0.137. The zero-order valence-electron chi connectivity index (χ0n) is 12.2. The van der Waals surface area contributed by atoms with Crippen molar-refractivity contribution >= 4 is 0 Å². The highest BCUT2D eigenvalue weighted by Gasteiger charge is 2.29. The predicted octanol–water partition coefficient (Wildman–Crippen LogP) is 2.17. The third-order valence-electron chi connectivity index (χ3n) is 3.69. The molecule has 0 aliphatic carbocycles. The van der Waals surface area contributed by atoms with Crippen LogP contribution in [0.15, 0.2) is 12.1 Å². The van der Waals surface area contributed by atoms with E-state index in [1.54, 1.807) is 21.3 Å². The van der Waals surface area contributed by atoms with E-state index in [4.69, 9.17) is 18.9 Å². The first-order valence-electron chi connectivity index (χ1n) is 6.77. The molecular weight excluding hydrogens is 260 g/mol. The maximum absolute atomic E-state index is 9.51. The van der Waals surface area contributed by atoms with Crippen molar-refractivity contribution in [2.45, 2.75) is 18.9 Å². The summed E-state index contributed by atoms with van der Waals surface area (Å²) in [6.45, 7) is 0.819. The van der Waals surface area contributed by atoms with Crippen LogP contribution in [-0.2, 0) is 4.74 Å². The zero-order valence-corrected chi connectivity index (χ0v) is 12.2. The van der Waals surface area contributed by atoms with Crippen LogP contribution in [0.5, 0.6) is 17.2 Å². The monoisotopic (exact) mass is 282 g/mol. The van der Waals surface area contributed by atoms with E-state index < -0.39 is 0 Å². The van der Waals surface area contributed by atoms with Crippen molar-refractivity contribution in [1.29, 1.82) is 0 Å². The van der Waals surface area contributed by atoms with Gasteiger partial charge in [-0.05, 0) is 30.5 Å². The molecule has 5 nitrogen and oxygen atoms in total. The molecule has 1 aliphatic rings. The van der Waals surface area contributed by atoms with Gasteiger partial charge in [-0.2, -0.15) is 0 Å². The summed E-state index contributed by atoms with van der Waals surface area (Å²) < 4.78 is 21.9. The summed E-state index contributed by atoms with van der Waals surface area (Å²) >= 11 is 0. The Balaban J connectivity index is 2.40. The first-order valence-corrected chi connectivity index (χ1v) is 6.77. The molecule has 2 rings (SSSR count). The van der Waals surface area contributed by atoms with E-state index >= 15 is 0 Å². The second-order valence-electron chi connectivity index (χ2n) is 4.83. The molecule has 20 heavy (non-hydrogen) atoms. The van der Waals surface area contributed by atoms with Crippen molar-refractivity contribution in [2.75, 3.05) is 34.5 Å². The molecule has 0 spiro atoms. The number of hydrogen-bond acceptors (Lipinski definition) is 5.